The van der Waals surface area contributed by atoms with Gasteiger partial charge in [0.2, 0.25) is 0 Å². The highest BCUT2D eigenvalue weighted by atomic mass is 127. The number of hydrogen-bond acceptors (Lipinski definition) is 2. The van der Waals surface area contributed by atoms with Crippen LogP contribution in [0.3, 0.4) is 0 Å². The van der Waals surface area contributed by atoms with Gasteiger partial charge < -0.3 is 15.4 Å². The minimum atomic E-state index is 0. The third-order valence-corrected chi connectivity index (χ3v) is 4.13. The van der Waals surface area contributed by atoms with E-state index in [1.54, 1.807) is 7.11 Å². The lowest BCUT2D eigenvalue weighted by Crippen LogP contribution is -2.38. The van der Waals surface area contributed by atoms with Crippen molar-refractivity contribution < 1.29 is 4.74 Å². The van der Waals surface area contributed by atoms with E-state index in [1.165, 1.54) is 31.2 Å². The Kier molecular flexibility index (Phi) is 8.60. The van der Waals surface area contributed by atoms with Crippen LogP contribution < -0.4 is 10.5 Å². The highest BCUT2D eigenvalue weighted by Gasteiger charge is 2.13. The van der Waals surface area contributed by atoms with Crippen molar-refractivity contribution >= 4 is 29.9 Å². The van der Waals surface area contributed by atoms with Crippen LogP contribution in [0, 0.1) is 0 Å². The van der Waals surface area contributed by atoms with Crippen molar-refractivity contribution in [3.8, 4) is 5.75 Å². The maximum absolute atomic E-state index is 6.16. The van der Waals surface area contributed by atoms with Crippen molar-refractivity contribution in [3.05, 3.63) is 29.8 Å². The first-order chi connectivity index (χ1) is 10.2. The second-order valence-electron chi connectivity index (χ2n) is 5.74. The van der Waals surface area contributed by atoms with Gasteiger partial charge in [0, 0.05) is 25.6 Å². The molecule has 0 radical (unpaired) electrons. The van der Waals surface area contributed by atoms with Crippen LogP contribution in [-0.2, 0) is 0 Å². The first kappa shape index (κ1) is 19.1. The molecule has 0 bridgehead atoms. The van der Waals surface area contributed by atoms with Gasteiger partial charge in [0.1, 0.15) is 5.75 Å². The largest absolute Gasteiger partial charge is 0.496 e. The number of likely N-dealkylation sites (tertiary alicyclic amines) is 1. The van der Waals surface area contributed by atoms with Crippen molar-refractivity contribution in [1.82, 2.24) is 4.90 Å². The van der Waals surface area contributed by atoms with Gasteiger partial charge in [-0.3, -0.25) is 4.99 Å². The number of ether oxygens (including phenoxy) is 1. The normalized spacial score (nSPS) is 17.4. The van der Waals surface area contributed by atoms with Crippen molar-refractivity contribution in [3.63, 3.8) is 0 Å². The zero-order valence-corrected chi connectivity index (χ0v) is 16.0. The molecule has 4 nitrogen and oxygen atoms in total. The maximum Gasteiger partial charge on any atom is 0.191 e. The molecule has 22 heavy (non-hydrogen) atoms. The molecule has 0 spiro atoms. The SMILES string of the molecule is COc1ccccc1C(C)CN=C(N)N1CCCCCC1.I. The predicted molar refractivity (Wildman–Crippen MR) is 103 cm³/mol. The fraction of sp³-hybridized carbons (Fsp3) is 0.588. The minimum Gasteiger partial charge on any atom is -0.496 e. The van der Waals surface area contributed by atoms with Crippen LogP contribution in [0.5, 0.6) is 5.75 Å². The Morgan fingerprint density at radius 2 is 1.86 bits per heavy atom. The van der Waals surface area contributed by atoms with Gasteiger partial charge in [-0.05, 0) is 24.5 Å². The summed E-state index contributed by atoms with van der Waals surface area (Å²) in [4.78, 5) is 6.83. The standard InChI is InChI=1S/C17H27N3O.HI/c1-14(15-9-5-6-10-16(15)21-2)13-19-17(18)20-11-7-3-4-8-12-20;/h5-6,9-10,14H,3-4,7-8,11-13H2,1-2H3,(H2,18,19);1H. The summed E-state index contributed by atoms with van der Waals surface area (Å²) < 4.78 is 5.42. The van der Waals surface area contributed by atoms with E-state index in [2.05, 4.69) is 22.9 Å². The molecule has 124 valence electrons. The number of benzene rings is 1. The van der Waals surface area contributed by atoms with E-state index in [4.69, 9.17) is 10.5 Å². The minimum absolute atomic E-state index is 0. The molecule has 1 unspecified atom stereocenters. The Morgan fingerprint density at radius 3 is 2.50 bits per heavy atom. The van der Waals surface area contributed by atoms with Crippen molar-refractivity contribution in [2.75, 3.05) is 26.7 Å². The van der Waals surface area contributed by atoms with Crippen LogP contribution in [-0.4, -0.2) is 37.6 Å². The molecule has 1 atom stereocenters. The summed E-state index contributed by atoms with van der Waals surface area (Å²) in [5.74, 6) is 1.92. The molecule has 0 aliphatic carbocycles. The Balaban J connectivity index is 0.00000242. The second kappa shape index (κ2) is 9.92. The Labute approximate surface area is 151 Å². The van der Waals surface area contributed by atoms with Crippen LogP contribution in [0.25, 0.3) is 0 Å². The van der Waals surface area contributed by atoms with Gasteiger partial charge in [0.05, 0.1) is 7.11 Å². The summed E-state index contributed by atoms with van der Waals surface area (Å²) >= 11 is 0. The van der Waals surface area contributed by atoms with E-state index in [0.29, 0.717) is 18.4 Å². The smallest absolute Gasteiger partial charge is 0.191 e. The van der Waals surface area contributed by atoms with Crippen LogP contribution in [0.1, 0.15) is 44.1 Å². The first-order valence-electron chi connectivity index (χ1n) is 7.90. The molecule has 2 N–H and O–H groups in total. The van der Waals surface area contributed by atoms with Gasteiger partial charge in [-0.15, -0.1) is 24.0 Å². The average Bonchev–Trinajstić information content (AvgIpc) is 2.81. The van der Waals surface area contributed by atoms with Crippen LogP contribution in [0.4, 0.5) is 0 Å². The Morgan fingerprint density at radius 1 is 1.23 bits per heavy atom. The molecule has 1 aromatic carbocycles. The van der Waals surface area contributed by atoms with Gasteiger partial charge in [-0.25, -0.2) is 0 Å². The number of methoxy groups -OCH3 is 1. The molecule has 1 aliphatic rings. The zero-order chi connectivity index (χ0) is 15.1. The molecule has 1 heterocycles. The molecule has 0 aromatic heterocycles. The molecule has 1 saturated heterocycles. The van der Waals surface area contributed by atoms with Crippen LogP contribution in [0.2, 0.25) is 0 Å². The van der Waals surface area contributed by atoms with Crippen LogP contribution in [0.15, 0.2) is 29.3 Å². The molecular weight excluding hydrogens is 389 g/mol. The van der Waals surface area contributed by atoms with E-state index >= 15 is 0 Å². The lowest BCUT2D eigenvalue weighted by atomic mass is 10.0. The summed E-state index contributed by atoms with van der Waals surface area (Å²) in [6.45, 7) is 4.94. The van der Waals surface area contributed by atoms with E-state index in [1.807, 2.05) is 18.2 Å². The summed E-state index contributed by atoms with van der Waals surface area (Å²) in [7, 11) is 1.71. The number of aliphatic imine (C=N–C) groups is 1. The second-order valence-corrected chi connectivity index (χ2v) is 5.74. The molecule has 1 aromatic rings. The number of rotatable bonds is 4. The third kappa shape index (κ3) is 5.34. The van der Waals surface area contributed by atoms with Gasteiger partial charge >= 0.3 is 0 Å². The highest BCUT2D eigenvalue weighted by Crippen LogP contribution is 2.26. The quantitative estimate of drug-likeness (QED) is 0.463. The topological polar surface area (TPSA) is 50.9 Å². The van der Waals surface area contributed by atoms with E-state index < -0.39 is 0 Å². The summed E-state index contributed by atoms with van der Waals surface area (Å²) in [5, 5.41) is 0. The Hall–Kier alpha value is -0.980. The van der Waals surface area contributed by atoms with E-state index in [-0.39, 0.29) is 24.0 Å². The number of nitrogens with zero attached hydrogens (tertiary/aromatic N) is 2. The van der Waals surface area contributed by atoms with Gasteiger partial charge in [0.25, 0.3) is 0 Å². The van der Waals surface area contributed by atoms with Crippen molar-refractivity contribution in [2.24, 2.45) is 10.7 Å². The lowest BCUT2D eigenvalue weighted by Gasteiger charge is -2.22. The fourth-order valence-electron chi connectivity index (χ4n) is 2.80. The first-order valence-corrected chi connectivity index (χ1v) is 7.90. The number of halogens is 1. The van der Waals surface area contributed by atoms with Crippen molar-refractivity contribution in [1.29, 1.82) is 0 Å². The molecule has 2 rings (SSSR count). The summed E-state index contributed by atoms with van der Waals surface area (Å²) in [6, 6.07) is 8.12. The molecule has 1 aliphatic heterocycles. The molecular formula is C17H28IN3O. The molecule has 0 amide bonds. The van der Waals surface area contributed by atoms with Gasteiger partial charge in [-0.2, -0.15) is 0 Å². The van der Waals surface area contributed by atoms with Gasteiger partial charge in [0.15, 0.2) is 5.96 Å². The Bertz CT molecular complexity index is 471. The van der Waals surface area contributed by atoms with Crippen molar-refractivity contribution in [2.45, 2.75) is 38.5 Å². The fourth-order valence-corrected chi connectivity index (χ4v) is 2.80. The number of guanidine groups is 1. The predicted octanol–water partition coefficient (Wildman–Crippen LogP) is 3.61. The van der Waals surface area contributed by atoms with Crippen LogP contribution >= 0.6 is 24.0 Å². The summed E-state index contributed by atoms with van der Waals surface area (Å²) in [5.41, 5.74) is 7.35. The highest BCUT2D eigenvalue weighted by molar-refractivity contribution is 14.0. The average molecular weight is 417 g/mol. The van der Waals surface area contributed by atoms with E-state index in [0.717, 1.165) is 18.8 Å². The number of para-hydroxylation sites is 1. The maximum atomic E-state index is 6.16. The van der Waals surface area contributed by atoms with Gasteiger partial charge in [-0.1, -0.05) is 38.0 Å². The molecule has 0 saturated carbocycles. The van der Waals surface area contributed by atoms with E-state index in [9.17, 15) is 0 Å². The third-order valence-electron chi connectivity index (χ3n) is 4.13. The monoisotopic (exact) mass is 417 g/mol. The lowest BCUT2D eigenvalue weighted by molar-refractivity contribution is 0.406. The molecule has 5 heteroatoms. The number of hydrogen-bond donors (Lipinski definition) is 1. The molecule has 1 fully saturated rings. The number of nitrogens with two attached hydrogens (primary N) is 1. The zero-order valence-electron chi connectivity index (χ0n) is 13.6. The summed E-state index contributed by atoms with van der Waals surface area (Å²) in [6.07, 6.45) is 5.05.